The fourth-order valence-electron chi connectivity index (χ4n) is 2.80. The summed E-state index contributed by atoms with van der Waals surface area (Å²) in [6, 6.07) is 10.4. The quantitative estimate of drug-likeness (QED) is 0.522. The van der Waals surface area contributed by atoms with E-state index in [0.29, 0.717) is 12.6 Å². The van der Waals surface area contributed by atoms with Crippen LogP contribution in [0.1, 0.15) is 31.7 Å². The summed E-state index contributed by atoms with van der Waals surface area (Å²) >= 11 is 1.93. The molecule has 0 heterocycles. The third kappa shape index (κ3) is 6.43. The van der Waals surface area contributed by atoms with Gasteiger partial charge in [-0.15, -0.1) is 0 Å². The highest BCUT2D eigenvalue weighted by molar-refractivity contribution is 7.99. The molecule has 0 bridgehead atoms. The molecule has 2 unspecified atom stereocenters. The smallest absolute Gasteiger partial charge is 0.242 e. The molecule has 0 aliphatic heterocycles. The van der Waals surface area contributed by atoms with E-state index in [4.69, 9.17) is 0 Å². The molecule has 0 saturated heterocycles. The van der Waals surface area contributed by atoms with Gasteiger partial charge in [-0.05, 0) is 38.0 Å². The molecule has 1 aromatic carbocycles. The molecule has 2 atom stereocenters. The Morgan fingerprint density at radius 3 is 2.71 bits per heavy atom. The molecule has 1 fully saturated rings. The molecular weight excluding hydrogens is 320 g/mol. The van der Waals surface area contributed by atoms with Crippen molar-refractivity contribution in [2.45, 2.75) is 44.0 Å². The molecule has 24 heavy (non-hydrogen) atoms. The Balaban J connectivity index is 1.78. The van der Waals surface area contributed by atoms with Gasteiger partial charge in [-0.3, -0.25) is 4.79 Å². The van der Waals surface area contributed by atoms with Gasteiger partial charge in [0.25, 0.3) is 0 Å². The Morgan fingerprint density at radius 1 is 1.25 bits per heavy atom. The van der Waals surface area contributed by atoms with Crippen molar-refractivity contribution in [1.82, 2.24) is 16.0 Å². The van der Waals surface area contributed by atoms with Crippen LogP contribution >= 0.6 is 11.8 Å². The van der Waals surface area contributed by atoms with Crippen molar-refractivity contribution in [2.75, 3.05) is 19.3 Å². The van der Waals surface area contributed by atoms with Crippen LogP contribution in [0, 0.1) is 0 Å². The topological polar surface area (TPSA) is 65.5 Å². The molecule has 2 rings (SSSR count). The third-order valence-electron chi connectivity index (χ3n) is 4.12. The maximum absolute atomic E-state index is 12.0. The van der Waals surface area contributed by atoms with Gasteiger partial charge in [0.15, 0.2) is 5.96 Å². The zero-order valence-corrected chi connectivity index (χ0v) is 15.4. The summed E-state index contributed by atoms with van der Waals surface area (Å²) in [5.74, 6) is 0.670. The minimum Gasteiger partial charge on any atom is -0.357 e. The number of nitrogens with zero attached hydrogens (tertiary/aromatic N) is 1. The summed E-state index contributed by atoms with van der Waals surface area (Å²) in [4.78, 5) is 16.4. The molecule has 1 aliphatic rings. The Morgan fingerprint density at radius 2 is 2.04 bits per heavy atom. The largest absolute Gasteiger partial charge is 0.357 e. The number of hydrogen-bond acceptors (Lipinski definition) is 3. The number of aliphatic imine (C=N–C) groups is 1. The first-order valence-electron chi connectivity index (χ1n) is 8.59. The second-order valence-electron chi connectivity index (χ2n) is 5.97. The predicted molar refractivity (Wildman–Crippen MR) is 102 cm³/mol. The van der Waals surface area contributed by atoms with Crippen LogP contribution in [0.2, 0.25) is 0 Å². The van der Waals surface area contributed by atoms with Crippen molar-refractivity contribution < 1.29 is 4.79 Å². The zero-order valence-electron chi connectivity index (χ0n) is 14.5. The van der Waals surface area contributed by atoms with Gasteiger partial charge >= 0.3 is 0 Å². The van der Waals surface area contributed by atoms with Crippen molar-refractivity contribution >= 4 is 23.6 Å². The Bertz CT molecular complexity index is 535. The van der Waals surface area contributed by atoms with E-state index in [2.05, 4.69) is 27.2 Å². The summed E-state index contributed by atoms with van der Waals surface area (Å²) in [6.07, 6.45) is 5.74. The van der Waals surface area contributed by atoms with Crippen LogP contribution in [0.4, 0.5) is 0 Å². The lowest BCUT2D eigenvalue weighted by atomic mass is 10.2. The number of carbonyl (C=O) groups is 1. The average molecular weight is 349 g/mol. The number of thioether (sulfide) groups is 1. The molecular formula is C18H28N4OS. The minimum absolute atomic E-state index is 0.0653. The fourth-order valence-corrected chi connectivity index (χ4v) is 3.60. The van der Waals surface area contributed by atoms with E-state index in [1.165, 1.54) is 6.42 Å². The Labute approximate surface area is 149 Å². The number of rotatable bonds is 7. The van der Waals surface area contributed by atoms with Gasteiger partial charge < -0.3 is 16.0 Å². The number of benzene rings is 1. The molecule has 1 amide bonds. The molecule has 132 valence electrons. The second-order valence-corrected chi connectivity index (χ2v) is 7.11. The highest BCUT2D eigenvalue weighted by Crippen LogP contribution is 2.27. The van der Waals surface area contributed by atoms with Crippen LogP contribution in [0.15, 0.2) is 35.3 Å². The summed E-state index contributed by atoms with van der Waals surface area (Å²) in [6.45, 7) is 3.50. The van der Waals surface area contributed by atoms with Gasteiger partial charge in [0.2, 0.25) is 5.91 Å². The molecule has 1 saturated carbocycles. The van der Waals surface area contributed by atoms with Gasteiger partial charge in [0.05, 0.1) is 0 Å². The van der Waals surface area contributed by atoms with Crippen molar-refractivity contribution in [3.63, 3.8) is 0 Å². The molecule has 5 nitrogen and oxygen atoms in total. The first kappa shape index (κ1) is 18.6. The SMILES string of the molecule is CCNC(=NCC(=O)NCc1ccccc1)NC1CCC(SC)C1. The van der Waals surface area contributed by atoms with Crippen LogP contribution in [0.3, 0.4) is 0 Å². The van der Waals surface area contributed by atoms with E-state index in [1.807, 2.05) is 49.0 Å². The summed E-state index contributed by atoms with van der Waals surface area (Å²) < 4.78 is 0. The maximum atomic E-state index is 12.0. The van der Waals surface area contributed by atoms with Gasteiger partial charge in [-0.25, -0.2) is 4.99 Å². The molecule has 1 aliphatic carbocycles. The first-order valence-corrected chi connectivity index (χ1v) is 9.88. The lowest BCUT2D eigenvalue weighted by Gasteiger charge is -2.17. The fraction of sp³-hybridized carbons (Fsp3) is 0.556. The average Bonchev–Trinajstić information content (AvgIpc) is 3.06. The molecule has 1 aromatic rings. The van der Waals surface area contributed by atoms with Gasteiger partial charge in [0.1, 0.15) is 6.54 Å². The molecule has 0 aromatic heterocycles. The summed E-state index contributed by atoms with van der Waals surface area (Å²) in [5, 5.41) is 10.3. The Kier molecular flexibility index (Phi) is 7.95. The van der Waals surface area contributed by atoms with E-state index < -0.39 is 0 Å². The van der Waals surface area contributed by atoms with Crippen LogP contribution in [0.5, 0.6) is 0 Å². The summed E-state index contributed by atoms with van der Waals surface area (Å²) in [7, 11) is 0. The number of amides is 1. The van der Waals surface area contributed by atoms with Gasteiger partial charge in [0, 0.05) is 24.4 Å². The van der Waals surface area contributed by atoms with Crippen molar-refractivity contribution in [3.8, 4) is 0 Å². The van der Waals surface area contributed by atoms with Crippen LogP contribution < -0.4 is 16.0 Å². The number of nitrogens with one attached hydrogen (secondary N) is 3. The second kappa shape index (κ2) is 10.2. The molecule has 3 N–H and O–H groups in total. The number of hydrogen-bond donors (Lipinski definition) is 3. The van der Waals surface area contributed by atoms with Gasteiger partial charge in [-0.2, -0.15) is 11.8 Å². The van der Waals surface area contributed by atoms with E-state index >= 15 is 0 Å². The molecule has 0 radical (unpaired) electrons. The zero-order chi connectivity index (χ0) is 17.2. The third-order valence-corrected chi connectivity index (χ3v) is 5.21. The lowest BCUT2D eigenvalue weighted by molar-refractivity contribution is -0.119. The highest BCUT2D eigenvalue weighted by Gasteiger charge is 2.24. The van der Waals surface area contributed by atoms with E-state index in [9.17, 15) is 4.79 Å². The normalized spacial score (nSPS) is 20.7. The van der Waals surface area contributed by atoms with E-state index in [-0.39, 0.29) is 12.5 Å². The monoisotopic (exact) mass is 348 g/mol. The standard InChI is InChI=1S/C18H28N4OS/c1-3-19-18(22-15-9-10-16(11-15)24-2)21-13-17(23)20-12-14-7-5-4-6-8-14/h4-8,15-16H,3,9-13H2,1-2H3,(H,20,23)(H2,19,21,22). The van der Waals surface area contributed by atoms with E-state index in [1.54, 1.807) is 0 Å². The molecule has 6 heteroatoms. The first-order chi connectivity index (χ1) is 11.7. The van der Waals surface area contributed by atoms with Crippen LogP contribution in [-0.4, -0.2) is 42.5 Å². The van der Waals surface area contributed by atoms with E-state index in [0.717, 1.165) is 36.2 Å². The molecule has 0 spiro atoms. The number of carbonyl (C=O) groups excluding carboxylic acids is 1. The Hall–Kier alpha value is -1.69. The van der Waals surface area contributed by atoms with Crippen LogP contribution in [0.25, 0.3) is 0 Å². The number of guanidine groups is 1. The highest BCUT2D eigenvalue weighted by atomic mass is 32.2. The lowest BCUT2D eigenvalue weighted by Crippen LogP contribution is -2.43. The van der Waals surface area contributed by atoms with Crippen molar-refractivity contribution in [3.05, 3.63) is 35.9 Å². The minimum atomic E-state index is -0.0653. The van der Waals surface area contributed by atoms with Crippen LogP contribution in [-0.2, 0) is 11.3 Å². The van der Waals surface area contributed by atoms with Crippen molar-refractivity contribution in [2.24, 2.45) is 4.99 Å². The predicted octanol–water partition coefficient (Wildman–Crippen LogP) is 2.14. The van der Waals surface area contributed by atoms with Crippen molar-refractivity contribution in [1.29, 1.82) is 0 Å². The summed E-state index contributed by atoms with van der Waals surface area (Å²) in [5.41, 5.74) is 1.09. The maximum Gasteiger partial charge on any atom is 0.242 e. The van der Waals surface area contributed by atoms with Gasteiger partial charge in [-0.1, -0.05) is 30.3 Å².